The van der Waals surface area contributed by atoms with Gasteiger partial charge in [-0.05, 0) is 29.8 Å². The van der Waals surface area contributed by atoms with Gasteiger partial charge in [-0.3, -0.25) is 0 Å². The van der Waals surface area contributed by atoms with E-state index in [-0.39, 0.29) is 0 Å². The maximum Gasteiger partial charge on any atom is 0.131 e. The molecular formula is C18H16ClNO2S. The first-order valence-corrected chi connectivity index (χ1v) is 8.36. The smallest absolute Gasteiger partial charge is 0.131 e. The van der Waals surface area contributed by atoms with Crippen LogP contribution in [-0.2, 0) is 6.42 Å². The van der Waals surface area contributed by atoms with Gasteiger partial charge >= 0.3 is 0 Å². The van der Waals surface area contributed by atoms with E-state index in [2.05, 4.69) is 6.07 Å². The van der Waals surface area contributed by atoms with E-state index in [4.69, 9.17) is 26.1 Å². The summed E-state index contributed by atoms with van der Waals surface area (Å²) in [6, 6.07) is 13.6. The monoisotopic (exact) mass is 345 g/mol. The zero-order chi connectivity index (χ0) is 16.2. The molecule has 3 nitrogen and oxygen atoms in total. The predicted molar refractivity (Wildman–Crippen MR) is 94.9 cm³/mol. The van der Waals surface area contributed by atoms with Crippen molar-refractivity contribution in [2.45, 2.75) is 6.42 Å². The summed E-state index contributed by atoms with van der Waals surface area (Å²) in [5.74, 6) is 1.52. The quantitative estimate of drug-likeness (QED) is 0.646. The summed E-state index contributed by atoms with van der Waals surface area (Å²) in [6.45, 7) is 0. The van der Waals surface area contributed by atoms with E-state index in [1.807, 2.05) is 41.8 Å². The van der Waals surface area contributed by atoms with Crippen LogP contribution in [-0.4, -0.2) is 19.2 Å². The van der Waals surface area contributed by atoms with Crippen LogP contribution < -0.4 is 9.47 Å². The van der Waals surface area contributed by atoms with Crippen molar-refractivity contribution in [2.75, 3.05) is 14.2 Å². The number of hydrogen-bond donors (Lipinski definition) is 0. The number of aromatic nitrogens is 1. The molecule has 0 saturated heterocycles. The van der Waals surface area contributed by atoms with Crippen LogP contribution in [0.2, 0.25) is 5.02 Å². The van der Waals surface area contributed by atoms with E-state index in [0.29, 0.717) is 0 Å². The normalized spacial score (nSPS) is 10.6. The lowest BCUT2D eigenvalue weighted by Crippen LogP contribution is -1.91. The maximum absolute atomic E-state index is 6.03. The van der Waals surface area contributed by atoms with Crippen molar-refractivity contribution >= 4 is 22.9 Å². The van der Waals surface area contributed by atoms with Gasteiger partial charge in [-0.1, -0.05) is 23.7 Å². The van der Waals surface area contributed by atoms with E-state index >= 15 is 0 Å². The Labute approximate surface area is 144 Å². The van der Waals surface area contributed by atoms with Crippen LogP contribution in [0.3, 0.4) is 0 Å². The molecule has 0 aliphatic carbocycles. The molecule has 0 N–H and O–H groups in total. The number of benzene rings is 2. The minimum absolute atomic E-state index is 0.746. The molecule has 0 fully saturated rings. The van der Waals surface area contributed by atoms with Gasteiger partial charge in [-0.15, -0.1) is 11.3 Å². The Balaban J connectivity index is 1.87. The van der Waals surface area contributed by atoms with Crippen LogP contribution in [0.5, 0.6) is 11.5 Å². The SMILES string of the molecule is COc1ccc(-c2csc(Cc3cccc(Cl)c3)n2)c(OC)c1. The molecule has 0 spiro atoms. The number of methoxy groups -OCH3 is 2. The summed E-state index contributed by atoms with van der Waals surface area (Å²) in [5.41, 5.74) is 3.02. The fourth-order valence-electron chi connectivity index (χ4n) is 2.35. The molecule has 0 atom stereocenters. The average Bonchev–Trinajstić information content (AvgIpc) is 3.02. The van der Waals surface area contributed by atoms with Crippen molar-refractivity contribution < 1.29 is 9.47 Å². The van der Waals surface area contributed by atoms with Crippen LogP contribution in [0.25, 0.3) is 11.3 Å². The van der Waals surface area contributed by atoms with Gasteiger partial charge in [0.05, 0.1) is 24.9 Å². The Hall–Kier alpha value is -2.04. The van der Waals surface area contributed by atoms with Gasteiger partial charge in [-0.25, -0.2) is 4.98 Å². The zero-order valence-electron chi connectivity index (χ0n) is 12.9. The summed E-state index contributed by atoms with van der Waals surface area (Å²) < 4.78 is 10.7. The van der Waals surface area contributed by atoms with Gasteiger partial charge in [0, 0.05) is 28.5 Å². The molecule has 0 amide bonds. The summed E-state index contributed by atoms with van der Waals surface area (Å²) in [6.07, 6.45) is 0.768. The van der Waals surface area contributed by atoms with Crippen LogP contribution in [0, 0.1) is 0 Å². The number of halogens is 1. The number of rotatable bonds is 5. The van der Waals surface area contributed by atoms with Crippen molar-refractivity contribution in [1.29, 1.82) is 0 Å². The lowest BCUT2D eigenvalue weighted by molar-refractivity contribution is 0.395. The molecule has 0 bridgehead atoms. The minimum atomic E-state index is 0.746. The summed E-state index contributed by atoms with van der Waals surface area (Å²) in [5, 5.41) is 3.83. The molecule has 0 aliphatic rings. The first-order chi connectivity index (χ1) is 11.2. The third-order valence-corrected chi connectivity index (χ3v) is 4.56. The maximum atomic E-state index is 6.03. The second kappa shape index (κ2) is 7.02. The highest BCUT2D eigenvalue weighted by Crippen LogP contribution is 2.34. The zero-order valence-corrected chi connectivity index (χ0v) is 14.4. The fourth-order valence-corrected chi connectivity index (χ4v) is 3.39. The largest absolute Gasteiger partial charge is 0.497 e. The molecule has 2 aromatic carbocycles. The van der Waals surface area contributed by atoms with E-state index in [0.717, 1.165) is 44.8 Å². The summed E-state index contributed by atoms with van der Waals surface area (Å²) in [4.78, 5) is 4.72. The second-order valence-electron chi connectivity index (χ2n) is 5.00. The standard InChI is InChI=1S/C18H16ClNO2S/c1-21-14-6-7-15(17(10-14)22-2)16-11-23-18(20-16)9-12-4-3-5-13(19)8-12/h3-8,10-11H,9H2,1-2H3. The molecule has 0 unspecified atom stereocenters. The molecule has 3 aromatic rings. The number of thiazole rings is 1. The van der Waals surface area contributed by atoms with Gasteiger partial charge in [-0.2, -0.15) is 0 Å². The predicted octanol–water partition coefficient (Wildman–Crippen LogP) is 5.07. The van der Waals surface area contributed by atoms with Crippen LogP contribution in [0.1, 0.15) is 10.6 Å². The van der Waals surface area contributed by atoms with E-state index in [1.54, 1.807) is 25.6 Å². The van der Waals surface area contributed by atoms with Crippen LogP contribution in [0.4, 0.5) is 0 Å². The molecule has 5 heteroatoms. The highest BCUT2D eigenvalue weighted by Gasteiger charge is 2.11. The molecule has 1 heterocycles. The van der Waals surface area contributed by atoms with Gasteiger partial charge in [0.25, 0.3) is 0 Å². The molecule has 118 valence electrons. The van der Waals surface area contributed by atoms with E-state index in [9.17, 15) is 0 Å². The highest BCUT2D eigenvalue weighted by molar-refractivity contribution is 7.10. The van der Waals surface area contributed by atoms with Gasteiger partial charge in [0.15, 0.2) is 0 Å². The lowest BCUT2D eigenvalue weighted by Gasteiger charge is -2.08. The summed E-state index contributed by atoms with van der Waals surface area (Å²) in [7, 11) is 3.29. The van der Waals surface area contributed by atoms with E-state index in [1.165, 1.54) is 0 Å². The van der Waals surface area contributed by atoms with E-state index < -0.39 is 0 Å². The number of nitrogens with zero attached hydrogens (tertiary/aromatic N) is 1. The molecule has 23 heavy (non-hydrogen) atoms. The average molecular weight is 346 g/mol. The Kier molecular flexibility index (Phi) is 4.84. The lowest BCUT2D eigenvalue weighted by atomic mass is 10.1. The van der Waals surface area contributed by atoms with Gasteiger partial charge in [0.1, 0.15) is 11.5 Å². The van der Waals surface area contributed by atoms with Crippen molar-refractivity contribution in [3.05, 3.63) is 63.4 Å². The Bertz CT molecular complexity index is 816. The first-order valence-electron chi connectivity index (χ1n) is 7.11. The molecule has 3 rings (SSSR count). The highest BCUT2D eigenvalue weighted by atomic mass is 35.5. The van der Waals surface area contributed by atoms with Crippen LogP contribution >= 0.6 is 22.9 Å². The van der Waals surface area contributed by atoms with Crippen molar-refractivity contribution in [3.8, 4) is 22.8 Å². The number of ether oxygens (including phenoxy) is 2. The van der Waals surface area contributed by atoms with Crippen LogP contribution in [0.15, 0.2) is 47.8 Å². The molecular weight excluding hydrogens is 330 g/mol. The molecule has 0 saturated carbocycles. The Morgan fingerprint density at radius 1 is 1.09 bits per heavy atom. The molecule has 0 aliphatic heterocycles. The van der Waals surface area contributed by atoms with Gasteiger partial charge in [0.2, 0.25) is 0 Å². The number of hydrogen-bond acceptors (Lipinski definition) is 4. The topological polar surface area (TPSA) is 31.4 Å². The van der Waals surface area contributed by atoms with Crippen molar-refractivity contribution in [2.24, 2.45) is 0 Å². The third-order valence-electron chi connectivity index (χ3n) is 3.48. The first kappa shape index (κ1) is 15.8. The fraction of sp³-hybridized carbons (Fsp3) is 0.167. The summed E-state index contributed by atoms with van der Waals surface area (Å²) >= 11 is 7.67. The van der Waals surface area contributed by atoms with Crippen molar-refractivity contribution in [3.63, 3.8) is 0 Å². The van der Waals surface area contributed by atoms with Gasteiger partial charge < -0.3 is 9.47 Å². The van der Waals surface area contributed by atoms with Crippen molar-refractivity contribution in [1.82, 2.24) is 4.98 Å². The minimum Gasteiger partial charge on any atom is -0.497 e. The Morgan fingerprint density at radius 3 is 2.70 bits per heavy atom. The molecule has 0 radical (unpaired) electrons. The Morgan fingerprint density at radius 2 is 1.96 bits per heavy atom. The molecule has 1 aromatic heterocycles. The third kappa shape index (κ3) is 3.66. The second-order valence-corrected chi connectivity index (χ2v) is 6.38.